The zero-order valence-electron chi connectivity index (χ0n) is 9.03. The van der Waals surface area contributed by atoms with Gasteiger partial charge in [-0.25, -0.2) is 11.8 Å². The third-order valence-corrected chi connectivity index (χ3v) is 3.89. The molecule has 4 nitrogen and oxygen atoms in total. The van der Waals surface area contributed by atoms with E-state index in [1.807, 2.05) is 6.20 Å². The summed E-state index contributed by atoms with van der Waals surface area (Å²) in [5.41, 5.74) is 3.70. The van der Waals surface area contributed by atoms with Gasteiger partial charge in [-0.1, -0.05) is 0 Å². The molecule has 5 heteroatoms. The second-order valence-electron chi connectivity index (χ2n) is 3.97. The zero-order chi connectivity index (χ0) is 10.8. The fourth-order valence-electron chi connectivity index (χ4n) is 1.97. The van der Waals surface area contributed by atoms with Gasteiger partial charge in [0.1, 0.15) is 0 Å². The van der Waals surface area contributed by atoms with E-state index in [-0.39, 0.29) is 0 Å². The lowest BCUT2D eigenvalue weighted by molar-refractivity contribution is 0.958. The van der Waals surface area contributed by atoms with Crippen LogP contribution in [0.1, 0.15) is 11.3 Å². The fourth-order valence-corrected chi connectivity index (χ4v) is 3.01. The number of nitrogens with one attached hydrogen (secondary N) is 2. The monoisotopic (exact) mass is 235 g/mol. The van der Waals surface area contributed by atoms with E-state index in [1.165, 1.54) is 28.8 Å². The van der Waals surface area contributed by atoms with Gasteiger partial charge in [0, 0.05) is 18.0 Å². The molecule has 2 N–H and O–H groups in total. The van der Waals surface area contributed by atoms with Gasteiger partial charge in [-0.15, -0.1) is 0 Å². The molecule has 0 atom stereocenters. The van der Waals surface area contributed by atoms with Crippen LogP contribution >= 0.6 is 11.8 Å². The van der Waals surface area contributed by atoms with Crippen LogP contribution in [-0.2, 0) is 12.2 Å². The molecule has 1 aromatic rings. The molecular formula is C11H15N4S. The Hall–Kier alpha value is -1.23. The Labute approximate surface area is 98.9 Å². The van der Waals surface area contributed by atoms with Gasteiger partial charge in [-0.3, -0.25) is 9.98 Å². The highest BCUT2D eigenvalue weighted by Crippen LogP contribution is 2.25. The number of aliphatic imine (C=N–C) groups is 1. The van der Waals surface area contributed by atoms with E-state index in [0.29, 0.717) is 0 Å². The largest absolute Gasteiger partial charge is 0.354 e. The second-order valence-corrected chi connectivity index (χ2v) is 5.18. The van der Waals surface area contributed by atoms with Gasteiger partial charge < -0.3 is 10.6 Å². The van der Waals surface area contributed by atoms with Gasteiger partial charge in [-0.05, 0) is 23.8 Å². The van der Waals surface area contributed by atoms with Crippen LogP contribution < -0.4 is 10.6 Å². The predicted octanol–water partition coefficient (Wildman–Crippen LogP) is 0.974. The SMILES string of the molecule is c1nc2c(cc1NC1=NCCN1)C[SH]CC2. The minimum absolute atomic E-state index is 0.860. The minimum atomic E-state index is 0.860. The van der Waals surface area contributed by atoms with Crippen molar-refractivity contribution in [3.05, 3.63) is 23.5 Å². The standard InChI is InChI=1S/C11H15N4S/c1-4-16-7-8-5-9(6-14-10(1)8)15-11-12-2-3-13-11/h5-6,16H,1-4,7H2,(H2,12,13,15). The molecule has 0 unspecified atom stereocenters. The molecule has 0 saturated heterocycles. The number of aryl methyl sites for hydroxylation is 1. The Kier molecular flexibility index (Phi) is 2.70. The lowest BCUT2D eigenvalue weighted by Crippen LogP contribution is -2.26. The number of hydrogen-bond acceptors (Lipinski definition) is 4. The quantitative estimate of drug-likeness (QED) is 0.636. The van der Waals surface area contributed by atoms with Crippen LogP contribution in [0.3, 0.4) is 0 Å². The van der Waals surface area contributed by atoms with E-state index in [0.717, 1.165) is 36.9 Å². The molecule has 0 fully saturated rings. The maximum atomic E-state index is 4.51. The van der Waals surface area contributed by atoms with E-state index in [9.17, 15) is 0 Å². The highest BCUT2D eigenvalue weighted by molar-refractivity contribution is 7.98. The number of pyridine rings is 1. The Bertz CT molecular complexity index is 430. The lowest BCUT2D eigenvalue weighted by atomic mass is 10.1. The average Bonchev–Trinajstić information content (AvgIpc) is 2.82. The summed E-state index contributed by atoms with van der Waals surface area (Å²) in [6, 6.07) is 2.21. The summed E-state index contributed by atoms with van der Waals surface area (Å²) in [5, 5.41) is 6.46. The highest BCUT2D eigenvalue weighted by Gasteiger charge is 2.11. The molecule has 3 rings (SSSR count). The minimum Gasteiger partial charge on any atom is -0.354 e. The van der Waals surface area contributed by atoms with Crippen molar-refractivity contribution in [2.75, 3.05) is 24.2 Å². The molecule has 0 amide bonds. The Morgan fingerprint density at radius 3 is 3.31 bits per heavy atom. The number of anilines is 1. The Morgan fingerprint density at radius 2 is 2.44 bits per heavy atom. The molecule has 0 aliphatic carbocycles. The van der Waals surface area contributed by atoms with Crippen molar-refractivity contribution in [3.63, 3.8) is 0 Å². The number of thiol groups is 1. The number of fused-ring (bicyclic) bond motifs is 1. The molecule has 0 spiro atoms. The molecule has 16 heavy (non-hydrogen) atoms. The topological polar surface area (TPSA) is 49.3 Å². The van der Waals surface area contributed by atoms with Crippen molar-refractivity contribution in [1.29, 1.82) is 0 Å². The predicted molar refractivity (Wildman–Crippen MR) is 69.4 cm³/mol. The molecule has 0 bridgehead atoms. The zero-order valence-corrected chi connectivity index (χ0v) is 9.93. The van der Waals surface area contributed by atoms with E-state index in [1.54, 1.807) is 0 Å². The molecule has 2 aliphatic rings. The number of nitrogens with zero attached hydrogens (tertiary/aromatic N) is 2. The Morgan fingerprint density at radius 1 is 1.44 bits per heavy atom. The van der Waals surface area contributed by atoms with Crippen LogP contribution in [0.25, 0.3) is 0 Å². The van der Waals surface area contributed by atoms with Gasteiger partial charge in [0.15, 0.2) is 5.96 Å². The first kappa shape index (κ1) is 9.96. The summed E-state index contributed by atoms with van der Waals surface area (Å²) >= 11 is 1.52. The van der Waals surface area contributed by atoms with Gasteiger partial charge >= 0.3 is 0 Å². The third-order valence-electron chi connectivity index (χ3n) is 2.79. The van der Waals surface area contributed by atoms with Crippen LogP contribution in [0.15, 0.2) is 17.3 Å². The number of guanidine groups is 1. The van der Waals surface area contributed by atoms with Crippen molar-refractivity contribution in [1.82, 2.24) is 10.3 Å². The summed E-state index contributed by atoms with van der Waals surface area (Å²) in [4.78, 5) is 8.82. The van der Waals surface area contributed by atoms with Crippen molar-refractivity contribution in [2.24, 2.45) is 4.99 Å². The van der Waals surface area contributed by atoms with Crippen molar-refractivity contribution in [3.8, 4) is 0 Å². The Balaban J connectivity index is 1.80. The normalized spacial score (nSPS) is 18.6. The molecule has 0 aromatic carbocycles. The first-order chi connectivity index (χ1) is 7.92. The van der Waals surface area contributed by atoms with Gasteiger partial charge in [0.25, 0.3) is 0 Å². The third kappa shape index (κ3) is 2.00. The van der Waals surface area contributed by atoms with E-state index < -0.39 is 0 Å². The molecular weight excluding hydrogens is 220 g/mol. The molecule has 85 valence electrons. The number of aromatic nitrogens is 1. The first-order valence-corrected chi connectivity index (χ1v) is 6.85. The first-order valence-electron chi connectivity index (χ1n) is 5.58. The fraction of sp³-hybridized carbons (Fsp3) is 0.455. The smallest absolute Gasteiger partial charge is 0.195 e. The summed E-state index contributed by atoms with van der Waals surface area (Å²) < 4.78 is 0. The van der Waals surface area contributed by atoms with Crippen molar-refractivity contribution < 1.29 is 0 Å². The summed E-state index contributed by atoms with van der Waals surface area (Å²) in [6.07, 6.45) is 3.03. The molecule has 3 heterocycles. The van der Waals surface area contributed by atoms with E-state index >= 15 is 0 Å². The molecule has 2 aliphatic heterocycles. The van der Waals surface area contributed by atoms with Crippen LogP contribution in [-0.4, -0.2) is 29.8 Å². The van der Waals surface area contributed by atoms with Crippen LogP contribution in [0.2, 0.25) is 0 Å². The maximum Gasteiger partial charge on any atom is 0.195 e. The summed E-state index contributed by atoms with van der Waals surface area (Å²) in [7, 11) is 0. The van der Waals surface area contributed by atoms with E-state index in [2.05, 4.69) is 26.7 Å². The van der Waals surface area contributed by atoms with Crippen LogP contribution in [0.5, 0.6) is 0 Å². The number of hydrogen-bond donors (Lipinski definition) is 3. The van der Waals surface area contributed by atoms with Gasteiger partial charge in [0.2, 0.25) is 0 Å². The van der Waals surface area contributed by atoms with Crippen molar-refractivity contribution in [2.45, 2.75) is 12.2 Å². The number of rotatable bonds is 1. The summed E-state index contributed by atoms with van der Waals surface area (Å²) in [5.74, 6) is 3.26. The highest BCUT2D eigenvalue weighted by atomic mass is 32.2. The average molecular weight is 235 g/mol. The lowest BCUT2D eigenvalue weighted by Gasteiger charge is -2.16. The maximum absolute atomic E-state index is 4.51. The van der Waals surface area contributed by atoms with Crippen molar-refractivity contribution >= 4 is 23.4 Å². The molecule has 1 radical (unpaired) electrons. The molecule has 0 saturated carbocycles. The second kappa shape index (κ2) is 4.33. The molecule has 1 aromatic heterocycles. The van der Waals surface area contributed by atoms with Crippen LogP contribution in [0, 0.1) is 0 Å². The van der Waals surface area contributed by atoms with Gasteiger partial charge in [0.05, 0.1) is 18.4 Å². The van der Waals surface area contributed by atoms with Gasteiger partial charge in [-0.2, -0.15) is 0 Å². The summed E-state index contributed by atoms with van der Waals surface area (Å²) in [6.45, 7) is 1.79. The van der Waals surface area contributed by atoms with E-state index in [4.69, 9.17) is 0 Å². The van der Waals surface area contributed by atoms with Crippen LogP contribution in [0.4, 0.5) is 5.69 Å².